The molecule has 1 radical (unpaired) electrons. The Morgan fingerprint density at radius 1 is 1.19 bits per heavy atom. The number of carbonyl (C=O) groups is 2. The van der Waals surface area contributed by atoms with Gasteiger partial charge >= 0.3 is 6.18 Å². The number of aliphatic hydroxyl groups excluding tert-OH is 1. The molecule has 1 aromatic carbocycles. The van der Waals surface area contributed by atoms with E-state index in [1.807, 2.05) is 0 Å². The summed E-state index contributed by atoms with van der Waals surface area (Å²) in [6.45, 7) is 1.64. The van der Waals surface area contributed by atoms with Crippen LogP contribution in [0.5, 0.6) is 0 Å². The number of amides is 2. The number of benzene rings is 1. The normalized spacial score (nSPS) is 15.3. The van der Waals surface area contributed by atoms with E-state index < -0.39 is 41.5 Å². The maximum absolute atomic E-state index is 12.7. The third-order valence-electron chi connectivity index (χ3n) is 4.24. The fourth-order valence-corrected chi connectivity index (χ4v) is 2.50. The number of nitrogens with two attached hydrogens (primary N) is 2. The molecule has 1 rings (SSSR count). The molecule has 8 heteroatoms. The number of hydrogen-bond donors (Lipinski definition) is 3. The van der Waals surface area contributed by atoms with Crippen LogP contribution in [0.25, 0.3) is 0 Å². The molecule has 0 fully saturated rings. The second-order valence-electron chi connectivity index (χ2n) is 6.42. The lowest BCUT2D eigenvalue weighted by molar-refractivity contribution is -0.137. The van der Waals surface area contributed by atoms with Gasteiger partial charge in [0.05, 0.1) is 11.7 Å². The smallest absolute Gasteiger partial charge is 0.393 e. The zero-order valence-corrected chi connectivity index (χ0v) is 14.5. The SMILES string of the molecule is CC(CCC(CC(O)[CH]Cc1cccc(C(F)(F)F)c1)C(N)=O)C(N)=O. The van der Waals surface area contributed by atoms with E-state index in [1.165, 1.54) is 18.6 Å². The summed E-state index contributed by atoms with van der Waals surface area (Å²) in [7, 11) is 0. The van der Waals surface area contributed by atoms with Crippen LogP contribution in [0.4, 0.5) is 13.2 Å². The molecule has 0 aliphatic rings. The molecule has 26 heavy (non-hydrogen) atoms. The van der Waals surface area contributed by atoms with Gasteiger partial charge in [0.1, 0.15) is 0 Å². The molecule has 2 amide bonds. The van der Waals surface area contributed by atoms with Crippen molar-refractivity contribution in [1.29, 1.82) is 0 Å². The minimum absolute atomic E-state index is 0.0414. The third-order valence-corrected chi connectivity index (χ3v) is 4.24. The van der Waals surface area contributed by atoms with Crippen LogP contribution in [0.1, 0.15) is 37.3 Å². The van der Waals surface area contributed by atoms with Crippen LogP contribution in [0.15, 0.2) is 24.3 Å². The fraction of sp³-hybridized carbons (Fsp3) is 0.500. The van der Waals surface area contributed by atoms with Gasteiger partial charge in [-0.15, -0.1) is 0 Å². The highest BCUT2D eigenvalue weighted by Crippen LogP contribution is 2.30. The minimum atomic E-state index is -4.43. The van der Waals surface area contributed by atoms with Gasteiger partial charge in [0.2, 0.25) is 11.8 Å². The average Bonchev–Trinajstić information content (AvgIpc) is 2.55. The molecule has 0 saturated carbocycles. The van der Waals surface area contributed by atoms with Gasteiger partial charge in [-0.2, -0.15) is 13.2 Å². The van der Waals surface area contributed by atoms with E-state index in [0.717, 1.165) is 12.1 Å². The minimum Gasteiger partial charge on any atom is -0.393 e. The lowest BCUT2D eigenvalue weighted by Crippen LogP contribution is -2.29. The second kappa shape index (κ2) is 9.56. The number of aliphatic hydroxyl groups is 1. The fourth-order valence-electron chi connectivity index (χ4n) is 2.50. The molecule has 0 heterocycles. The Balaban J connectivity index is 2.57. The Labute approximate surface area is 150 Å². The van der Waals surface area contributed by atoms with Gasteiger partial charge in [0, 0.05) is 11.8 Å². The van der Waals surface area contributed by atoms with Gasteiger partial charge in [-0.05, 0) is 43.7 Å². The number of halogens is 3. The van der Waals surface area contributed by atoms with Crippen molar-refractivity contribution in [1.82, 2.24) is 0 Å². The number of alkyl halides is 3. The molecule has 3 unspecified atom stereocenters. The monoisotopic (exact) mass is 373 g/mol. The molecular formula is C18H24F3N2O3. The number of hydrogen-bond acceptors (Lipinski definition) is 3. The number of rotatable bonds is 10. The van der Waals surface area contributed by atoms with Crippen LogP contribution in [0, 0.1) is 18.3 Å². The zero-order valence-electron chi connectivity index (χ0n) is 14.5. The van der Waals surface area contributed by atoms with Crippen LogP contribution in [0.2, 0.25) is 0 Å². The van der Waals surface area contributed by atoms with Crippen molar-refractivity contribution in [2.24, 2.45) is 23.3 Å². The van der Waals surface area contributed by atoms with E-state index >= 15 is 0 Å². The van der Waals surface area contributed by atoms with Crippen molar-refractivity contribution in [3.05, 3.63) is 41.8 Å². The summed E-state index contributed by atoms with van der Waals surface area (Å²) < 4.78 is 38.1. The third kappa shape index (κ3) is 7.43. The number of carbonyl (C=O) groups excluding carboxylic acids is 2. The molecule has 0 aliphatic carbocycles. The van der Waals surface area contributed by atoms with Crippen LogP contribution in [0.3, 0.4) is 0 Å². The first-order valence-corrected chi connectivity index (χ1v) is 8.26. The lowest BCUT2D eigenvalue weighted by Gasteiger charge is -2.19. The summed E-state index contributed by atoms with van der Waals surface area (Å²) in [5.74, 6) is -2.15. The highest BCUT2D eigenvalue weighted by Gasteiger charge is 2.30. The molecular weight excluding hydrogens is 349 g/mol. The quantitative estimate of drug-likeness (QED) is 0.585. The Bertz CT molecular complexity index is 620. The van der Waals surface area contributed by atoms with E-state index in [9.17, 15) is 27.9 Å². The van der Waals surface area contributed by atoms with Gasteiger partial charge in [0.15, 0.2) is 0 Å². The molecule has 5 N–H and O–H groups in total. The van der Waals surface area contributed by atoms with Crippen LogP contribution in [-0.4, -0.2) is 23.0 Å². The molecule has 3 atom stereocenters. The first-order chi connectivity index (χ1) is 12.0. The predicted octanol–water partition coefficient (Wildman–Crippen LogP) is 2.21. The topological polar surface area (TPSA) is 106 Å². The molecule has 0 aliphatic heterocycles. The van der Waals surface area contributed by atoms with Crippen molar-refractivity contribution in [3.63, 3.8) is 0 Å². The van der Waals surface area contributed by atoms with Gasteiger partial charge in [-0.1, -0.05) is 25.1 Å². The van der Waals surface area contributed by atoms with Crippen molar-refractivity contribution < 1.29 is 27.9 Å². The standard InChI is InChI=1S/C18H24F3N2O3/c1-11(16(22)25)5-7-13(17(23)26)10-15(24)8-6-12-3-2-4-14(9-12)18(19,20)21/h2-4,8-9,11,13,15,24H,5-7,10H2,1H3,(H2,22,25)(H2,23,26). The van der Waals surface area contributed by atoms with E-state index in [4.69, 9.17) is 11.5 Å². The van der Waals surface area contributed by atoms with Gasteiger partial charge < -0.3 is 16.6 Å². The van der Waals surface area contributed by atoms with E-state index in [2.05, 4.69) is 0 Å². The summed E-state index contributed by atoms with van der Waals surface area (Å²) in [5.41, 5.74) is 10.1. The highest BCUT2D eigenvalue weighted by molar-refractivity contribution is 5.77. The van der Waals surface area contributed by atoms with E-state index in [1.54, 1.807) is 6.92 Å². The summed E-state index contributed by atoms with van der Waals surface area (Å²) in [6, 6.07) is 4.82. The van der Waals surface area contributed by atoms with Gasteiger partial charge in [-0.3, -0.25) is 9.59 Å². The van der Waals surface area contributed by atoms with Crippen molar-refractivity contribution in [2.45, 2.75) is 44.9 Å². The summed E-state index contributed by atoms with van der Waals surface area (Å²) in [6.07, 6.45) is -3.18. The highest BCUT2D eigenvalue weighted by atomic mass is 19.4. The second-order valence-corrected chi connectivity index (χ2v) is 6.42. The van der Waals surface area contributed by atoms with Crippen LogP contribution >= 0.6 is 0 Å². The maximum atomic E-state index is 12.7. The molecule has 0 bridgehead atoms. The average molecular weight is 373 g/mol. The summed E-state index contributed by atoms with van der Waals surface area (Å²) >= 11 is 0. The van der Waals surface area contributed by atoms with E-state index in [0.29, 0.717) is 18.4 Å². The summed E-state index contributed by atoms with van der Waals surface area (Å²) in [4.78, 5) is 22.5. The first kappa shape index (κ1) is 22.0. The van der Waals surface area contributed by atoms with Crippen LogP contribution < -0.4 is 11.5 Å². The Hall–Kier alpha value is -2.09. The molecule has 0 saturated heterocycles. The van der Waals surface area contributed by atoms with Gasteiger partial charge in [-0.25, -0.2) is 0 Å². The summed E-state index contributed by atoms with van der Waals surface area (Å²) in [5, 5.41) is 10.1. The Morgan fingerprint density at radius 2 is 1.85 bits per heavy atom. The molecule has 1 aromatic rings. The number of primary amides is 2. The van der Waals surface area contributed by atoms with Gasteiger partial charge in [0.25, 0.3) is 0 Å². The maximum Gasteiger partial charge on any atom is 0.416 e. The van der Waals surface area contributed by atoms with E-state index in [-0.39, 0.29) is 12.8 Å². The molecule has 145 valence electrons. The van der Waals surface area contributed by atoms with Crippen molar-refractivity contribution >= 4 is 11.8 Å². The molecule has 0 spiro atoms. The molecule has 5 nitrogen and oxygen atoms in total. The van der Waals surface area contributed by atoms with Crippen molar-refractivity contribution in [2.75, 3.05) is 0 Å². The molecule has 0 aromatic heterocycles. The predicted molar refractivity (Wildman–Crippen MR) is 90.3 cm³/mol. The lowest BCUT2D eigenvalue weighted by atomic mass is 9.90. The van der Waals surface area contributed by atoms with Crippen molar-refractivity contribution in [3.8, 4) is 0 Å². The Morgan fingerprint density at radius 3 is 2.38 bits per heavy atom. The first-order valence-electron chi connectivity index (χ1n) is 8.26. The zero-order chi connectivity index (χ0) is 19.9. The largest absolute Gasteiger partial charge is 0.416 e. The van der Waals surface area contributed by atoms with Crippen LogP contribution in [-0.2, 0) is 22.2 Å². The Kier molecular flexibility index (Phi) is 8.08.